The lowest BCUT2D eigenvalue weighted by molar-refractivity contribution is 0.161. The van der Waals surface area contributed by atoms with Gasteiger partial charge in [-0.25, -0.2) is 0 Å². The van der Waals surface area contributed by atoms with Gasteiger partial charge in [-0.1, -0.05) is 26.7 Å². The van der Waals surface area contributed by atoms with Crippen molar-refractivity contribution in [2.24, 2.45) is 5.92 Å². The van der Waals surface area contributed by atoms with Gasteiger partial charge in [0.1, 0.15) is 0 Å². The third-order valence-electron chi connectivity index (χ3n) is 2.70. The maximum Gasteiger partial charge on any atom is 0.0807 e. The molecular formula is C13H21NO. The standard InChI is InChI=1S/C13H21NO/c1-10(2)5-4-6-13(15)12-9-14-8-7-11(12)3/h7-10,13,15H,4-6H2,1-3H3. The van der Waals surface area contributed by atoms with E-state index in [1.54, 1.807) is 12.4 Å². The largest absolute Gasteiger partial charge is 0.388 e. The van der Waals surface area contributed by atoms with Crippen LogP contribution in [0.5, 0.6) is 0 Å². The lowest BCUT2D eigenvalue weighted by Crippen LogP contribution is -2.01. The van der Waals surface area contributed by atoms with Gasteiger partial charge in [0.25, 0.3) is 0 Å². The number of rotatable bonds is 5. The summed E-state index contributed by atoms with van der Waals surface area (Å²) in [5, 5.41) is 9.97. The summed E-state index contributed by atoms with van der Waals surface area (Å²) in [6.07, 6.45) is 6.28. The third-order valence-corrected chi connectivity index (χ3v) is 2.70. The van der Waals surface area contributed by atoms with Gasteiger partial charge >= 0.3 is 0 Å². The molecule has 1 N–H and O–H groups in total. The molecule has 0 aliphatic rings. The Bertz CT molecular complexity index is 296. The highest BCUT2D eigenvalue weighted by Gasteiger charge is 2.10. The van der Waals surface area contributed by atoms with E-state index in [0.29, 0.717) is 5.92 Å². The van der Waals surface area contributed by atoms with E-state index < -0.39 is 0 Å². The second kappa shape index (κ2) is 5.86. The quantitative estimate of drug-likeness (QED) is 0.804. The van der Waals surface area contributed by atoms with Crippen LogP contribution in [0.1, 0.15) is 50.3 Å². The normalized spacial score (nSPS) is 13.1. The lowest BCUT2D eigenvalue weighted by atomic mass is 9.99. The predicted molar refractivity (Wildman–Crippen MR) is 62.6 cm³/mol. The molecule has 0 saturated carbocycles. The Morgan fingerprint density at radius 1 is 1.33 bits per heavy atom. The number of aromatic nitrogens is 1. The molecule has 0 bridgehead atoms. The van der Waals surface area contributed by atoms with E-state index in [0.717, 1.165) is 24.0 Å². The number of aliphatic hydroxyl groups excluding tert-OH is 1. The number of aryl methyl sites for hydroxylation is 1. The highest BCUT2D eigenvalue weighted by molar-refractivity contribution is 5.23. The Morgan fingerprint density at radius 3 is 2.67 bits per heavy atom. The monoisotopic (exact) mass is 207 g/mol. The van der Waals surface area contributed by atoms with Crippen molar-refractivity contribution in [1.29, 1.82) is 0 Å². The minimum atomic E-state index is -0.350. The van der Waals surface area contributed by atoms with Gasteiger partial charge in [-0.05, 0) is 30.9 Å². The third kappa shape index (κ3) is 4.00. The van der Waals surface area contributed by atoms with Crippen LogP contribution >= 0.6 is 0 Å². The highest BCUT2D eigenvalue weighted by Crippen LogP contribution is 2.22. The first-order valence-electron chi connectivity index (χ1n) is 5.70. The van der Waals surface area contributed by atoms with Crippen molar-refractivity contribution in [1.82, 2.24) is 4.98 Å². The van der Waals surface area contributed by atoms with Crippen molar-refractivity contribution in [2.75, 3.05) is 0 Å². The summed E-state index contributed by atoms with van der Waals surface area (Å²) >= 11 is 0. The summed E-state index contributed by atoms with van der Waals surface area (Å²) in [6, 6.07) is 1.95. The first kappa shape index (κ1) is 12.2. The fourth-order valence-electron chi connectivity index (χ4n) is 1.70. The number of pyridine rings is 1. The first-order valence-corrected chi connectivity index (χ1v) is 5.70. The zero-order chi connectivity index (χ0) is 11.3. The molecule has 1 aromatic rings. The van der Waals surface area contributed by atoms with Crippen LogP contribution in [-0.4, -0.2) is 10.1 Å². The van der Waals surface area contributed by atoms with Gasteiger partial charge in [0.05, 0.1) is 6.10 Å². The number of hydrogen-bond acceptors (Lipinski definition) is 2. The summed E-state index contributed by atoms with van der Waals surface area (Å²) in [4.78, 5) is 4.05. The van der Waals surface area contributed by atoms with Crippen LogP contribution in [0.3, 0.4) is 0 Å². The molecule has 1 heterocycles. The zero-order valence-electron chi connectivity index (χ0n) is 9.90. The summed E-state index contributed by atoms with van der Waals surface area (Å²) in [7, 11) is 0. The van der Waals surface area contributed by atoms with Gasteiger partial charge in [0, 0.05) is 18.0 Å². The Kier molecular flexibility index (Phi) is 4.76. The molecule has 1 atom stereocenters. The van der Waals surface area contributed by atoms with Crippen LogP contribution < -0.4 is 0 Å². The SMILES string of the molecule is Cc1ccncc1C(O)CCCC(C)C. The second-order valence-corrected chi connectivity index (χ2v) is 4.57. The molecule has 1 unspecified atom stereocenters. The number of aliphatic hydroxyl groups is 1. The average Bonchev–Trinajstić information content (AvgIpc) is 2.17. The molecule has 0 amide bonds. The maximum atomic E-state index is 9.97. The molecule has 2 heteroatoms. The molecule has 0 aliphatic carbocycles. The van der Waals surface area contributed by atoms with Crippen molar-refractivity contribution in [3.05, 3.63) is 29.6 Å². The Labute approximate surface area is 92.4 Å². The second-order valence-electron chi connectivity index (χ2n) is 4.57. The number of nitrogens with zero attached hydrogens (tertiary/aromatic N) is 1. The summed E-state index contributed by atoms with van der Waals surface area (Å²) in [5.74, 6) is 0.715. The zero-order valence-corrected chi connectivity index (χ0v) is 9.90. The molecule has 0 aliphatic heterocycles. The molecule has 84 valence electrons. The summed E-state index contributed by atoms with van der Waals surface area (Å²) in [6.45, 7) is 6.44. The van der Waals surface area contributed by atoms with Gasteiger partial charge < -0.3 is 5.11 Å². The Hall–Kier alpha value is -0.890. The Morgan fingerprint density at radius 2 is 2.07 bits per heavy atom. The molecule has 0 spiro atoms. The summed E-state index contributed by atoms with van der Waals surface area (Å²) in [5.41, 5.74) is 2.10. The van der Waals surface area contributed by atoms with Crippen LogP contribution in [0, 0.1) is 12.8 Å². The van der Waals surface area contributed by atoms with E-state index in [2.05, 4.69) is 18.8 Å². The van der Waals surface area contributed by atoms with Gasteiger partial charge in [0.2, 0.25) is 0 Å². The van der Waals surface area contributed by atoms with Gasteiger partial charge in [-0.2, -0.15) is 0 Å². The minimum absolute atomic E-state index is 0.350. The average molecular weight is 207 g/mol. The van der Waals surface area contributed by atoms with Crippen molar-refractivity contribution < 1.29 is 5.11 Å². The first-order chi connectivity index (χ1) is 7.11. The molecule has 2 nitrogen and oxygen atoms in total. The van der Waals surface area contributed by atoms with E-state index >= 15 is 0 Å². The highest BCUT2D eigenvalue weighted by atomic mass is 16.3. The van der Waals surface area contributed by atoms with Gasteiger partial charge in [0.15, 0.2) is 0 Å². The molecule has 0 fully saturated rings. The molecule has 15 heavy (non-hydrogen) atoms. The van der Waals surface area contributed by atoms with E-state index in [-0.39, 0.29) is 6.10 Å². The van der Waals surface area contributed by atoms with E-state index in [4.69, 9.17) is 0 Å². The van der Waals surface area contributed by atoms with Crippen LogP contribution in [0.4, 0.5) is 0 Å². The van der Waals surface area contributed by atoms with Gasteiger partial charge in [-0.3, -0.25) is 4.98 Å². The van der Waals surface area contributed by atoms with Crippen molar-refractivity contribution in [3.8, 4) is 0 Å². The molecule has 0 radical (unpaired) electrons. The topological polar surface area (TPSA) is 33.1 Å². The van der Waals surface area contributed by atoms with E-state index in [9.17, 15) is 5.11 Å². The van der Waals surface area contributed by atoms with Gasteiger partial charge in [-0.15, -0.1) is 0 Å². The van der Waals surface area contributed by atoms with Crippen molar-refractivity contribution >= 4 is 0 Å². The maximum absolute atomic E-state index is 9.97. The van der Waals surface area contributed by atoms with E-state index in [1.807, 2.05) is 13.0 Å². The summed E-state index contributed by atoms with van der Waals surface area (Å²) < 4.78 is 0. The van der Waals surface area contributed by atoms with Crippen LogP contribution in [0.2, 0.25) is 0 Å². The molecule has 0 aromatic carbocycles. The minimum Gasteiger partial charge on any atom is -0.388 e. The predicted octanol–water partition coefficient (Wildman–Crippen LogP) is 3.25. The fourth-order valence-corrected chi connectivity index (χ4v) is 1.70. The number of hydrogen-bond donors (Lipinski definition) is 1. The van der Waals surface area contributed by atoms with Crippen LogP contribution in [-0.2, 0) is 0 Å². The fraction of sp³-hybridized carbons (Fsp3) is 0.615. The van der Waals surface area contributed by atoms with Crippen LogP contribution in [0.25, 0.3) is 0 Å². The molecule has 1 rings (SSSR count). The smallest absolute Gasteiger partial charge is 0.0807 e. The van der Waals surface area contributed by atoms with E-state index in [1.165, 1.54) is 6.42 Å². The Balaban J connectivity index is 2.47. The molecular weight excluding hydrogens is 186 g/mol. The molecule has 0 saturated heterocycles. The lowest BCUT2D eigenvalue weighted by Gasteiger charge is -2.13. The van der Waals surface area contributed by atoms with Crippen molar-refractivity contribution in [3.63, 3.8) is 0 Å². The van der Waals surface area contributed by atoms with Crippen molar-refractivity contribution in [2.45, 2.75) is 46.1 Å². The van der Waals surface area contributed by atoms with Crippen LogP contribution in [0.15, 0.2) is 18.5 Å². The molecule has 1 aromatic heterocycles.